The summed E-state index contributed by atoms with van der Waals surface area (Å²) in [6.07, 6.45) is 2.19. The number of hydrogen-bond donors (Lipinski definition) is 0. The van der Waals surface area contributed by atoms with Crippen molar-refractivity contribution in [3.8, 4) is 0 Å². The lowest BCUT2D eigenvalue weighted by molar-refractivity contribution is -0.174. The zero-order chi connectivity index (χ0) is 26.7. The molecule has 0 spiro atoms. The number of aryl methyl sites for hydroxylation is 1. The fourth-order valence-corrected chi connectivity index (χ4v) is 7.38. The molecule has 2 aliphatic rings. The maximum Gasteiger partial charge on any atom is 0.323 e. The van der Waals surface area contributed by atoms with E-state index in [-0.39, 0.29) is 18.6 Å². The summed E-state index contributed by atoms with van der Waals surface area (Å²) in [5.41, 5.74) is 1.67. The molecule has 0 amide bonds. The first-order chi connectivity index (χ1) is 18.4. The van der Waals surface area contributed by atoms with Gasteiger partial charge in [-0.1, -0.05) is 72.8 Å². The maximum atomic E-state index is 14.6. The van der Waals surface area contributed by atoms with E-state index in [1.54, 1.807) is 0 Å². The number of nitrogens with zero attached hydrogens (tertiary/aromatic N) is 1. The third-order valence-corrected chi connectivity index (χ3v) is 8.84. The molecule has 0 N–H and O–H groups in total. The van der Waals surface area contributed by atoms with Gasteiger partial charge in [0.25, 0.3) is 0 Å². The SMILES string of the molecule is COC(=O)C1(C(=O)OC)Cc2cccc3c2c(cn3C)[C@@H]2[C@@H]1CC(=O)C2(c1ccccc1)c1ccccc1. The molecule has 2 aliphatic carbocycles. The molecule has 1 heterocycles. The molecule has 2 atom stereocenters. The molecule has 4 aromatic rings. The Morgan fingerprint density at radius 3 is 1.97 bits per heavy atom. The van der Waals surface area contributed by atoms with Crippen LogP contribution in [0.5, 0.6) is 0 Å². The Kier molecular flexibility index (Phi) is 5.53. The number of carbonyl (C=O) groups excluding carboxylic acids is 3. The van der Waals surface area contributed by atoms with Gasteiger partial charge in [-0.15, -0.1) is 0 Å². The summed E-state index contributed by atoms with van der Waals surface area (Å²) in [6.45, 7) is 0. The minimum Gasteiger partial charge on any atom is -0.468 e. The van der Waals surface area contributed by atoms with Crippen molar-refractivity contribution in [2.75, 3.05) is 14.2 Å². The number of ketones is 1. The summed E-state index contributed by atoms with van der Waals surface area (Å²) in [4.78, 5) is 42.2. The van der Waals surface area contributed by atoms with Gasteiger partial charge in [-0.3, -0.25) is 14.4 Å². The summed E-state index contributed by atoms with van der Waals surface area (Å²) in [6, 6.07) is 25.4. The standard InChI is InChI=1S/C32H29NO5/c1-33-19-23-27-20(11-10-16-25(27)33)18-31(29(35)37-2,30(36)38-3)24-17-26(34)32(28(23)24,21-12-6-4-7-13-21)22-14-8-5-9-15-22/h4-16,19,24,28H,17-18H2,1-3H3/t24-,28+/m0/s1. The molecule has 1 saturated carbocycles. The minimum absolute atomic E-state index is 0.0292. The van der Waals surface area contributed by atoms with Gasteiger partial charge in [-0.2, -0.15) is 0 Å². The highest BCUT2D eigenvalue weighted by molar-refractivity contribution is 6.07. The number of fused-ring (bicyclic) bond motifs is 2. The Hall–Kier alpha value is -4.19. The van der Waals surface area contributed by atoms with Crippen LogP contribution in [0.2, 0.25) is 0 Å². The van der Waals surface area contributed by atoms with Crippen LogP contribution < -0.4 is 0 Å². The molecule has 0 saturated heterocycles. The van der Waals surface area contributed by atoms with Gasteiger partial charge in [0, 0.05) is 48.8 Å². The molecule has 0 aliphatic heterocycles. The summed E-state index contributed by atoms with van der Waals surface area (Å²) in [5, 5.41) is 0.977. The maximum absolute atomic E-state index is 14.6. The number of benzene rings is 3. The molecule has 38 heavy (non-hydrogen) atoms. The molecular formula is C32H29NO5. The number of ether oxygens (including phenoxy) is 2. The fourth-order valence-electron chi connectivity index (χ4n) is 7.38. The second-order valence-electron chi connectivity index (χ2n) is 10.4. The smallest absolute Gasteiger partial charge is 0.323 e. The molecule has 6 heteroatoms. The highest BCUT2D eigenvalue weighted by Gasteiger charge is 2.68. The summed E-state index contributed by atoms with van der Waals surface area (Å²) >= 11 is 0. The van der Waals surface area contributed by atoms with E-state index in [0.29, 0.717) is 0 Å². The Bertz CT molecular complexity index is 1510. The van der Waals surface area contributed by atoms with Gasteiger partial charge in [-0.05, 0) is 28.3 Å². The van der Waals surface area contributed by atoms with E-state index in [9.17, 15) is 14.4 Å². The minimum atomic E-state index is -1.69. The third kappa shape index (κ3) is 2.97. The van der Waals surface area contributed by atoms with Crippen LogP contribution in [-0.2, 0) is 42.7 Å². The van der Waals surface area contributed by atoms with E-state index in [2.05, 4.69) is 10.8 Å². The van der Waals surface area contributed by atoms with Crippen molar-refractivity contribution in [3.63, 3.8) is 0 Å². The summed E-state index contributed by atoms with van der Waals surface area (Å²) < 4.78 is 12.7. The van der Waals surface area contributed by atoms with Gasteiger partial charge in [-0.25, -0.2) is 0 Å². The van der Waals surface area contributed by atoms with E-state index in [1.165, 1.54) is 14.2 Å². The van der Waals surface area contributed by atoms with E-state index >= 15 is 0 Å². The van der Waals surface area contributed by atoms with Crippen LogP contribution in [0.25, 0.3) is 10.9 Å². The molecule has 3 aromatic carbocycles. The predicted molar refractivity (Wildman–Crippen MR) is 143 cm³/mol. The first-order valence-electron chi connectivity index (χ1n) is 12.8. The van der Waals surface area contributed by atoms with Gasteiger partial charge < -0.3 is 14.0 Å². The second kappa shape index (κ2) is 8.69. The van der Waals surface area contributed by atoms with Crippen molar-refractivity contribution in [2.45, 2.75) is 24.2 Å². The lowest BCUT2D eigenvalue weighted by atomic mass is 9.59. The number of Topliss-reactive ketones (excluding diaryl/α,β-unsaturated/α-hetero) is 1. The van der Waals surface area contributed by atoms with Crippen molar-refractivity contribution >= 4 is 28.6 Å². The van der Waals surface area contributed by atoms with Gasteiger partial charge >= 0.3 is 11.9 Å². The molecule has 0 radical (unpaired) electrons. The van der Waals surface area contributed by atoms with E-state index in [0.717, 1.165) is 33.2 Å². The van der Waals surface area contributed by atoms with E-state index in [1.807, 2.05) is 85.9 Å². The molecule has 0 bridgehead atoms. The van der Waals surface area contributed by atoms with Crippen LogP contribution in [0.15, 0.2) is 85.1 Å². The van der Waals surface area contributed by atoms with Crippen molar-refractivity contribution < 1.29 is 23.9 Å². The summed E-state index contributed by atoms with van der Waals surface area (Å²) in [5.74, 6) is -2.58. The number of rotatable bonds is 4. The number of esters is 2. The van der Waals surface area contributed by atoms with Crippen molar-refractivity contribution in [2.24, 2.45) is 18.4 Å². The fraction of sp³-hybridized carbons (Fsp3) is 0.281. The van der Waals surface area contributed by atoms with Gasteiger partial charge in [0.1, 0.15) is 5.78 Å². The quantitative estimate of drug-likeness (QED) is 0.295. The predicted octanol–water partition coefficient (Wildman–Crippen LogP) is 4.73. The monoisotopic (exact) mass is 507 g/mol. The van der Waals surface area contributed by atoms with Gasteiger partial charge in [0.05, 0.1) is 19.6 Å². The Labute approximate surface area is 221 Å². The topological polar surface area (TPSA) is 74.6 Å². The molecular weight excluding hydrogens is 478 g/mol. The Morgan fingerprint density at radius 1 is 0.842 bits per heavy atom. The number of methoxy groups -OCH3 is 2. The van der Waals surface area contributed by atoms with Crippen LogP contribution in [0.3, 0.4) is 0 Å². The lowest BCUT2D eigenvalue weighted by Gasteiger charge is -2.41. The van der Waals surface area contributed by atoms with Crippen LogP contribution in [0, 0.1) is 11.3 Å². The molecule has 1 fully saturated rings. The van der Waals surface area contributed by atoms with Gasteiger partial charge in [0.15, 0.2) is 5.41 Å². The zero-order valence-corrected chi connectivity index (χ0v) is 21.6. The van der Waals surface area contributed by atoms with Crippen molar-refractivity contribution in [1.29, 1.82) is 0 Å². The number of carbonyl (C=O) groups is 3. The second-order valence-corrected chi connectivity index (χ2v) is 10.4. The van der Waals surface area contributed by atoms with Crippen LogP contribution in [-0.4, -0.2) is 36.5 Å². The van der Waals surface area contributed by atoms with Crippen LogP contribution in [0.1, 0.15) is 34.6 Å². The largest absolute Gasteiger partial charge is 0.468 e. The average molecular weight is 508 g/mol. The normalized spacial score (nSPS) is 21.0. The highest BCUT2D eigenvalue weighted by atomic mass is 16.5. The molecule has 1 aromatic heterocycles. The molecule has 6 rings (SSSR count). The zero-order valence-electron chi connectivity index (χ0n) is 21.6. The molecule has 192 valence electrons. The van der Waals surface area contributed by atoms with Gasteiger partial charge in [0.2, 0.25) is 0 Å². The van der Waals surface area contributed by atoms with Crippen LogP contribution >= 0.6 is 0 Å². The Morgan fingerprint density at radius 2 is 1.42 bits per heavy atom. The number of aromatic nitrogens is 1. The summed E-state index contributed by atoms with van der Waals surface area (Å²) in [7, 11) is 4.57. The average Bonchev–Trinajstić information content (AvgIpc) is 3.42. The van der Waals surface area contributed by atoms with Crippen molar-refractivity contribution in [3.05, 3.63) is 107 Å². The number of hydrogen-bond acceptors (Lipinski definition) is 5. The Balaban J connectivity index is 1.80. The molecule has 6 nitrogen and oxygen atoms in total. The third-order valence-electron chi connectivity index (χ3n) is 8.84. The lowest BCUT2D eigenvalue weighted by Crippen LogP contribution is -2.50. The van der Waals surface area contributed by atoms with Crippen molar-refractivity contribution in [1.82, 2.24) is 4.57 Å². The highest BCUT2D eigenvalue weighted by Crippen LogP contribution is 2.64. The first kappa shape index (κ1) is 24.2. The van der Waals surface area contributed by atoms with E-state index in [4.69, 9.17) is 9.47 Å². The van der Waals surface area contributed by atoms with Crippen LogP contribution in [0.4, 0.5) is 0 Å². The van der Waals surface area contributed by atoms with E-state index < -0.39 is 34.6 Å². The molecule has 0 unspecified atom stereocenters. The first-order valence-corrected chi connectivity index (χ1v) is 12.8.